The van der Waals surface area contributed by atoms with E-state index in [2.05, 4.69) is 14.7 Å². The van der Waals surface area contributed by atoms with Crippen molar-refractivity contribution in [2.45, 2.75) is 13.3 Å². The number of ether oxygens (including phenoxy) is 1. The van der Waals surface area contributed by atoms with Gasteiger partial charge in [-0.15, -0.1) is 0 Å². The highest BCUT2D eigenvalue weighted by atomic mass is 16.5. The monoisotopic (exact) mass is 260 g/mol. The van der Waals surface area contributed by atoms with E-state index in [1.54, 1.807) is 49.9 Å². The maximum Gasteiger partial charge on any atom is 0.313 e. The zero-order chi connectivity index (χ0) is 13.9. The molecule has 0 spiro atoms. The molecule has 0 aliphatic carbocycles. The molecule has 1 heterocycles. The average Bonchev–Trinajstić information content (AvgIpc) is 2.99. The highest BCUT2D eigenvalue weighted by molar-refractivity contribution is 6.05. The highest BCUT2D eigenvalue weighted by Gasteiger charge is 2.11. The number of aromatic amines is 1. The predicted molar refractivity (Wildman–Crippen MR) is 70.6 cm³/mol. The average molecular weight is 260 g/mol. The molecule has 0 saturated heterocycles. The van der Waals surface area contributed by atoms with Gasteiger partial charge in [-0.25, -0.2) is 4.98 Å². The molecule has 0 amide bonds. The van der Waals surface area contributed by atoms with Crippen molar-refractivity contribution in [2.24, 2.45) is 0 Å². The molecule has 2 rings (SSSR count). The topological polar surface area (TPSA) is 72.1 Å². The summed E-state index contributed by atoms with van der Waals surface area (Å²) in [6, 6.07) is 8.71. The third-order valence-corrected chi connectivity index (χ3v) is 2.11. The molecule has 0 bridgehead atoms. The lowest BCUT2D eigenvalue weighted by molar-refractivity contribution is -0.141. The second kappa shape index (κ2) is 8.63. The number of imidazole rings is 1. The Morgan fingerprint density at radius 1 is 1.26 bits per heavy atom. The summed E-state index contributed by atoms with van der Waals surface area (Å²) >= 11 is 0. The number of Topliss-reactive ketones (excluding diaryl/α,β-unsaturated/α-hetero) is 1. The molecule has 0 aliphatic heterocycles. The van der Waals surface area contributed by atoms with Crippen LogP contribution in [0.1, 0.15) is 23.7 Å². The van der Waals surface area contributed by atoms with Gasteiger partial charge in [0, 0.05) is 18.0 Å². The smallest absolute Gasteiger partial charge is 0.313 e. The molecule has 5 heteroatoms. The summed E-state index contributed by atoms with van der Waals surface area (Å²) in [6.45, 7) is 2.02. The highest BCUT2D eigenvalue weighted by Crippen LogP contribution is 2.03. The van der Waals surface area contributed by atoms with Gasteiger partial charge in [-0.1, -0.05) is 30.3 Å². The van der Waals surface area contributed by atoms with Crippen LogP contribution in [0.25, 0.3) is 0 Å². The van der Waals surface area contributed by atoms with Gasteiger partial charge >= 0.3 is 5.97 Å². The quantitative estimate of drug-likeness (QED) is 0.520. The van der Waals surface area contributed by atoms with Gasteiger partial charge < -0.3 is 9.72 Å². The fourth-order valence-electron chi connectivity index (χ4n) is 1.28. The third-order valence-electron chi connectivity index (χ3n) is 2.11. The van der Waals surface area contributed by atoms with Crippen LogP contribution >= 0.6 is 0 Å². The van der Waals surface area contributed by atoms with E-state index >= 15 is 0 Å². The molecule has 0 fully saturated rings. The number of nitrogens with zero attached hydrogens (tertiary/aromatic N) is 1. The Kier molecular flexibility index (Phi) is 6.65. The number of aromatic nitrogens is 2. The van der Waals surface area contributed by atoms with Gasteiger partial charge in [0.25, 0.3) is 0 Å². The molecule has 1 N–H and O–H groups in total. The second-order valence-corrected chi connectivity index (χ2v) is 3.53. The number of rotatable bonds is 4. The molecule has 0 atom stereocenters. The number of carbonyl (C=O) groups excluding carboxylic acids is 2. The number of benzene rings is 1. The van der Waals surface area contributed by atoms with Crippen molar-refractivity contribution >= 4 is 11.8 Å². The number of hydrogen-bond donors (Lipinski definition) is 1. The van der Waals surface area contributed by atoms with Crippen molar-refractivity contribution in [3.8, 4) is 0 Å². The minimum atomic E-state index is -0.471. The molecular formula is C14H16N2O3. The molecule has 5 nitrogen and oxygen atoms in total. The van der Waals surface area contributed by atoms with Crippen molar-refractivity contribution in [2.75, 3.05) is 6.61 Å². The number of H-pyrrole nitrogens is 1. The lowest BCUT2D eigenvalue weighted by atomic mass is 10.1. The molecule has 0 aliphatic rings. The maximum atomic E-state index is 11.4. The number of esters is 1. The number of hydrogen-bond acceptors (Lipinski definition) is 4. The molecule has 0 radical (unpaired) electrons. The molecule has 1 aromatic heterocycles. The first-order valence-electron chi connectivity index (χ1n) is 5.90. The van der Waals surface area contributed by atoms with E-state index in [0.717, 1.165) is 0 Å². The largest absolute Gasteiger partial charge is 0.466 e. The van der Waals surface area contributed by atoms with Gasteiger partial charge in [0.2, 0.25) is 0 Å². The number of carbonyl (C=O) groups is 2. The second-order valence-electron chi connectivity index (χ2n) is 3.53. The summed E-state index contributed by atoms with van der Waals surface area (Å²) in [5.74, 6) is -0.676. The summed E-state index contributed by atoms with van der Waals surface area (Å²) < 4.78 is 4.67. The zero-order valence-corrected chi connectivity index (χ0v) is 10.7. The van der Waals surface area contributed by atoms with Crippen molar-refractivity contribution in [1.29, 1.82) is 0 Å². The lowest BCUT2D eigenvalue weighted by Gasteiger charge is -2.00. The molecule has 0 saturated carbocycles. The Morgan fingerprint density at radius 2 is 2.00 bits per heavy atom. The zero-order valence-electron chi connectivity index (χ0n) is 10.7. The van der Waals surface area contributed by atoms with Crippen LogP contribution < -0.4 is 0 Å². The van der Waals surface area contributed by atoms with Crippen molar-refractivity contribution in [3.63, 3.8) is 0 Å². The van der Waals surface area contributed by atoms with Crippen LogP contribution in [0.3, 0.4) is 0 Å². The number of ketones is 1. The third kappa shape index (κ3) is 6.16. The maximum absolute atomic E-state index is 11.4. The standard InChI is InChI=1S/C11H12O3.C3H4N2/c1-2-14-11(13)8-10(12)9-6-4-3-5-7-9;1-2-5-3-4-1/h3-7H,2,8H2,1H3;1-3H,(H,4,5). The molecule has 100 valence electrons. The molecule has 0 unspecified atom stereocenters. The van der Waals surface area contributed by atoms with Crippen LogP contribution in [0.2, 0.25) is 0 Å². The van der Waals surface area contributed by atoms with E-state index in [1.165, 1.54) is 0 Å². The van der Waals surface area contributed by atoms with E-state index in [0.29, 0.717) is 12.2 Å². The molecular weight excluding hydrogens is 244 g/mol. The minimum absolute atomic E-state index is 0.183. The van der Waals surface area contributed by atoms with Gasteiger partial charge in [-0.3, -0.25) is 9.59 Å². The fourth-order valence-corrected chi connectivity index (χ4v) is 1.28. The Bertz CT molecular complexity index is 463. The lowest BCUT2D eigenvalue weighted by Crippen LogP contribution is -2.11. The SMILES string of the molecule is CCOC(=O)CC(=O)c1ccccc1.c1c[nH]cn1. The predicted octanol–water partition coefficient (Wildman–Crippen LogP) is 2.23. The van der Waals surface area contributed by atoms with Crippen molar-refractivity contribution in [1.82, 2.24) is 9.97 Å². The van der Waals surface area contributed by atoms with Crippen molar-refractivity contribution < 1.29 is 14.3 Å². The minimum Gasteiger partial charge on any atom is -0.466 e. The Balaban J connectivity index is 0.000000300. The summed E-state index contributed by atoms with van der Waals surface area (Å²) in [7, 11) is 0. The molecule has 2 aromatic rings. The first kappa shape index (κ1) is 14.6. The van der Waals surface area contributed by atoms with Crippen LogP contribution in [0.5, 0.6) is 0 Å². The normalized spacial score (nSPS) is 9.11. The Hall–Kier alpha value is -2.43. The van der Waals surface area contributed by atoms with E-state index < -0.39 is 5.97 Å². The van der Waals surface area contributed by atoms with Crippen LogP contribution in [0.4, 0.5) is 0 Å². The summed E-state index contributed by atoms with van der Waals surface area (Å²) in [5, 5.41) is 0. The van der Waals surface area contributed by atoms with Crippen molar-refractivity contribution in [3.05, 3.63) is 54.6 Å². The summed E-state index contributed by atoms with van der Waals surface area (Å²) in [4.78, 5) is 28.8. The summed E-state index contributed by atoms with van der Waals surface area (Å²) in [6.07, 6.45) is 4.90. The van der Waals surface area contributed by atoms with E-state index in [9.17, 15) is 9.59 Å². The van der Waals surface area contributed by atoms with Crippen LogP contribution in [-0.2, 0) is 9.53 Å². The molecule has 1 aromatic carbocycles. The Labute approximate surface area is 111 Å². The van der Waals surface area contributed by atoms with E-state index in [-0.39, 0.29) is 12.2 Å². The Morgan fingerprint density at radius 3 is 2.47 bits per heavy atom. The van der Waals surface area contributed by atoms with Crippen LogP contribution in [-0.4, -0.2) is 28.3 Å². The van der Waals surface area contributed by atoms with E-state index in [4.69, 9.17) is 0 Å². The van der Waals surface area contributed by atoms with Crippen LogP contribution in [0, 0.1) is 0 Å². The first-order chi connectivity index (χ1) is 9.24. The fraction of sp³-hybridized carbons (Fsp3) is 0.214. The van der Waals surface area contributed by atoms with E-state index in [1.807, 2.05) is 6.07 Å². The van der Waals surface area contributed by atoms with Gasteiger partial charge in [-0.2, -0.15) is 0 Å². The number of nitrogens with one attached hydrogen (secondary N) is 1. The van der Waals surface area contributed by atoms with Gasteiger partial charge in [0.15, 0.2) is 5.78 Å². The summed E-state index contributed by atoms with van der Waals surface area (Å²) in [5.41, 5.74) is 0.542. The molecule has 19 heavy (non-hydrogen) atoms. The van der Waals surface area contributed by atoms with Crippen LogP contribution in [0.15, 0.2) is 49.1 Å². The van der Waals surface area contributed by atoms with Gasteiger partial charge in [-0.05, 0) is 6.92 Å². The first-order valence-corrected chi connectivity index (χ1v) is 5.90. The van der Waals surface area contributed by atoms with Gasteiger partial charge in [0.05, 0.1) is 12.9 Å². The van der Waals surface area contributed by atoms with Gasteiger partial charge in [0.1, 0.15) is 6.42 Å².